The van der Waals surface area contributed by atoms with E-state index in [4.69, 9.17) is 27.9 Å². The van der Waals surface area contributed by atoms with Crippen LogP contribution in [0.4, 0.5) is 5.69 Å². The average Bonchev–Trinajstić information content (AvgIpc) is 2.48. The van der Waals surface area contributed by atoms with Crippen LogP contribution < -0.4 is 5.32 Å². The molecule has 0 aliphatic carbocycles. The maximum atomic E-state index is 6.26. The van der Waals surface area contributed by atoms with Crippen LogP contribution in [0.25, 0.3) is 0 Å². The molecule has 112 valence electrons. The van der Waals surface area contributed by atoms with E-state index in [0.717, 1.165) is 16.8 Å². The van der Waals surface area contributed by atoms with Crippen LogP contribution in [0.5, 0.6) is 0 Å². The van der Waals surface area contributed by atoms with Gasteiger partial charge in [-0.3, -0.25) is 0 Å². The highest BCUT2D eigenvalue weighted by Crippen LogP contribution is 2.29. The van der Waals surface area contributed by atoms with Gasteiger partial charge in [-0.2, -0.15) is 0 Å². The number of nitrogens with one attached hydrogen (secondary N) is 1. The molecule has 0 saturated heterocycles. The average molecular weight is 324 g/mol. The van der Waals surface area contributed by atoms with Gasteiger partial charge in [0.05, 0.1) is 12.6 Å². The summed E-state index contributed by atoms with van der Waals surface area (Å²) in [5.41, 5.74) is 3.16. The van der Waals surface area contributed by atoms with Crippen LogP contribution in [0.2, 0.25) is 10.0 Å². The Labute approximate surface area is 136 Å². The third-order valence-electron chi connectivity index (χ3n) is 3.28. The molecule has 1 N–H and O–H groups in total. The monoisotopic (exact) mass is 323 g/mol. The lowest BCUT2D eigenvalue weighted by Gasteiger charge is -2.19. The smallest absolute Gasteiger partial charge is 0.0736 e. The minimum atomic E-state index is 0.0546. The van der Waals surface area contributed by atoms with Crippen molar-refractivity contribution in [2.24, 2.45) is 0 Å². The summed E-state index contributed by atoms with van der Waals surface area (Å²) >= 11 is 12.3. The number of ether oxygens (including phenoxy) is 1. The zero-order valence-electron chi connectivity index (χ0n) is 12.2. The first-order valence-electron chi connectivity index (χ1n) is 6.99. The van der Waals surface area contributed by atoms with E-state index >= 15 is 0 Å². The second-order valence-electron chi connectivity index (χ2n) is 4.83. The van der Waals surface area contributed by atoms with Crippen molar-refractivity contribution >= 4 is 28.9 Å². The molecule has 0 fully saturated rings. The van der Waals surface area contributed by atoms with Gasteiger partial charge in [-0.15, -0.1) is 0 Å². The van der Waals surface area contributed by atoms with Gasteiger partial charge < -0.3 is 10.1 Å². The first-order valence-corrected chi connectivity index (χ1v) is 7.74. The number of hydrogen-bond donors (Lipinski definition) is 1. The third kappa shape index (κ3) is 4.37. The molecular weight excluding hydrogens is 305 g/mol. The van der Waals surface area contributed by atoms with Crippen molar-refractivity contribution in [2.45, 2.75) is 26.5 Å². The van der Waals surface area contributed by atoms with Gasteiger partial charge in [-0.1, -0.05) is 41.4 Å². The fraction of sp³-hybridized carbons (Fsp3) is 0.294. The molecule has 1 atom stereocenters. The molecule has 21 heavy (non-hydrogen) atoms. The Morgan fingerprint density at radius 1 is 1.14 bits per heavy atom. The van der Waals surface area contributed by atoms with E-state index in [1.54, 1.807) is 6.07 Å². The molecule has 1 unspecified atom stereocenters. The molecule has 0 amide bonds. The molecule has 0 heterocycles. The molecule has 4 heteroatoms. The Bertz CT molecular complexity index is 601. The molecular formula is C17H19Cl2NO. The number of anilines is 1. The largest absolute Gasteiger partial charge is 0.378 e. The van der Waals surface area contributed by atoms with E-state index in [9.17, 15) is 0 Å². The van der Waals surface area contributed by atoms with Gasteiger partial charge >= 0.3 is 0 Å². The van der Waals surface area contributed by atoms with Crippen LogP contribution >= 0.6 is 23.2 Å². The highest BCUT2D eigenvalue weighted by molar-refractivity contribution is 6.33. The Balaban J connectivity index is 2.19. The summed E-state index contributed by atoms with van der Waals surface area (Å²) in [4.78, 5) is 0. The lowest BCUT2D eigenvalue weighted by atomic mass is 10.1. The summed E-state index contributed by atoms with van der Waals surface area (Å²) in [6.45, 7) is 5.35. The summed E-state index contributed by atoms with van der Waals surface area (Å²) in [6, 6.07) is 13.7. The van der Waals surface area contributed by atoms with E-state index in [1.807, 2.05) is 37.3 Å². The summed E-state index contributed by atoms with van der Waals surface area (Å²) in [6.07, 6.45) is 0. The highest BCUT2D eigenvalue weighted by Gasteiger charge is 2.12. The van der Waals surface area contributed by atoms with Gasteiger partial charge in [0, 0.05) is 27.9 Å². The van der Waals surface area contributed by atoms with Gasteiger partial charge in [0.1, 0.15) is 0 Å². The third-order valence-corrected chi connectivity index (χ3v) is 3.85. The van der Waals surface area contributed by atoms with Crippen LogP contribution in [0, 0.1) is 0 Å². The molecule has 2 aromatic carbocycles. The van der Waals surface area contributed by atoms with Gasteiger partial charge in [0.15, 0.2) is 0 Å². The second-order valence-corrected chi connectivity index (χ2v) is 5.67. The van der Waals surface area contributed by atoms with Crippen LogP contribution in [0.15, 0.2) is 42.5 Å². The van der Waals surface area contributed by atoms with Gasteiger partial charge in [-0.25, -0.2) is 0 Å². The minimum Gasteiger partial charge on any atom is -0.378 e. The summed E-state index contributed by atoms with van der Waals surface area (Å²) in [5, 5.41) is 4.88. The molecule has 0 saturated carbocycles. The van der Waals surface area contributed by atoms with E-state index in [0.29, 0.717) is 23.3 Å². The summed E-state index contributed by atoms with van der Waals surface area (Å²) < 4.78 is 5.50. The molecule has 0 aliphatic heterocycles. The second kappa shape index (κ2) is 7.69. The molecule has 2 rings (SSSR count). The minimum absolute atomic E-state index is 0.0546. The van der Waals surface area contributed by atoms with Crippen LogP contribution in [-0.4, -0.2) is 6.61 Å². The van der Waals surface area contributed by atoms with E-state index < -0.39 is 0 Å². The summed E-state index contributed by atoms with van der Waals surface area (Å²) in [5.74, 6) is 0. The van der Waals surface area contributed by atoms with E-state index in [-0.39, 0.29) is 6.04 Å². The zero-order valence-corrected chi connectivity index (χ0v) is 13.7. The SMILES string of the molecule is CCOCc1ccccc1NC(C)c1cc(Cl)ccc1Cl. The Kier molecular flexibility index (Phi) is 5.92. The maximum absolute atomic E-state index is 6.26. The lowest BCUT2D eigenvalue weighted by Crippen LogP contribution is -2.09. The van der Waals surface area contributed by atoms with Crippen LogP contribution in [0.3, 0.4) is 0 Å². The molecule has 0 bridgehead atoms. The lowest BCUT2D eigenvalue weighted by molar-refractivity contribution is 0.134. The maximum Gasteiger partial charge on any atom is 0.0736 e. The Morgan fingerprint density at radius 3 is 2.67 bits per heavy atom. The van der Waals surface area contributed by atoms with Crippen molar-refractivity contribution in [1.82, 2.24) is 0 Å². The van der Waals surface area contributed by atoms with Crippen molar-refractivity contribution < 1.29 is 4.74 Å². The Hall–Kier alpha value is -1.22. The van der Waals surface area contributed by atoms with Crippen molar-refractivity contribution in [3.63, 3.8) is 0 Å². The molecule has 0 spiro atoms. The zero-order chi connectivity index (χ0) is 15.2. The molecule has 2 aromatic rings. The van der Waals surface area contributed by atoms with Crippen molar-refractivity contribution in [3.8, 4) is 0 Å². The fourth-order valence-electron chi connectivity index (χ4n) is 2.16. The molecule has 0 aromatic heterocycles. The predicted molar refractivity (Wildman–Crippen MR) is 90.3 cm³/mol. The van der Waals surface area contributed by atoms with Gasteiger partial charge in [0.2, 0.25) is 0 Å². The molecule has 2 nitrogen and oxygen atoms in total. The normalized spacial score (nSPS) is 12.2. The van der Waals surface area contributed by atoms with Gasteiger partial charge in [-0.05, 0) is 43.7 Å². The number of hydrogen-bond acceptors (Lipinski definition) is 2. The van der Waals surface area contributed by atoms with Crippen molar-refractivity contribution in [3.05, 3.63) is 63.6 Å². The first kappa shape index (κ1) is 16.2. The predicted octanol–water partition coefficient (Wildman–Crippen LogP) is 5.70. The molecule has 0 aliphatic rings. The van der Waals surface area contributed by atoms with Crippen molar-refractivity contribution in [1.29, 1.82) is 0 Å². The topological polar surface area (TPSA) is 21.3 Å². The fourth-order valence-corrected chi connectivity index (χ4v) is 2.62. The number of rotatable bonds is 6. The first-order chi connectivity index (χ1) is 10.1. The number of para-hydroxylation sites is 1. The van der Waals surface area contributed by atoms with E-state index in [1.165, 1.54) is 0 Å². The quantitative estimate of drug-likeness (QED) is 0.735. The van der Waals surface area contributed by atoms with E-state index in [2.05, 4.69) is 18.3 Å². The van der Waals surface area contributed by atoms with Crippen molar-refractivity contribution in [2.75, 3.05) is 11.9 Å². The summed E-state index contributed by atoms with van der Waals surface area (Å²) in [7, 11) is 0. The van der Waals surface area contributed by atoms with Crippen LogP contribution in [0.1, 0.15) is 31.0 Å². The number of halogens is 2. The van der Waals surface area contributed by atoms with Crippen LogP contribution in [-0.2, 0) is 11.3 Å². The number of benzene rings is 2. The highest BCUT2D eigenvalue weighted by atomic mass is 35.5. The molecule has 0 radical (unpaired) electrons. The Morgan fingerprint density at radius 2 is 1.90 bits per heavy atom. The van der Waals surface area contributed by atoms with Gasteiger partial charge in [0.25, 0.3) is 0 Å². The standard InChI is InChI=1S/C17H19Cl2NO/c1-3-21-11-13-6-4-5-7-17(13)20-12(2)15-10-14(18)8-9-16(15)19/h4-10,12,20H,3,11H2,1-2H3.